The van der Waals surface area contributed by atoms with E-state index in [4.69, 9.17) is 0 Å². The van der Waals surface area contributed by atoms with Crippen LogP contribution < -0.4 is 0 Å². The number of hydrogen-bond acceptors (Lipinski definition) is 4. The molecule has 0 bridgehead atoms. The number of carbonyl (C=O) groups excluding carboxylic acids is 1. The van der Waals surface area contributed by atoms with Crippen molar-refractivity contribution < 1.29 is 17.6 Å². The van der Waals surface area contributed by atoms with Crippen LogP contribution >= 0.6 is 0 Å². The predicted molar refractivity (Wildman–Crippen MR) is 96.2 cm³/mol. The fourth-order valence-corrected chi connectivity index (χ4v) is 5.06. The normalized spacial score (nSPS) is 18.8. The zero-order chi connectivity index (χ0) is 19.1. The highest BCUT2D eigenvalue weighted by Gasteiger charge is 2.31. The molecule has 140 valence electrons. The Hall–Kier alpha value is -2.22. The average molecular weight is 379 g/mol. The number of aryl methyl sites for hydroxylation is 1. The molecule has 1 aromatic carbocycles. The van der Waals surface area contributed by atoms with E-state index in [9.17, 15) is 17.6 Å². The Morgan fingerprint density at radius 2 is 1.96 bits per heavy atom. The molecule has 0 radical (unpaired) electrons. The molecule has 1 aliphatic rings. The first-order valence-electron chi connectivity index (χ1n) is 8.44. The third kappa shape index (κ3) is 3.65. The van der Waals surface area contributed by atoms with Crippen molar-refractivity contribution in [3.05, 3.63) is 52.6 Å². The molecule has 1 saturated heterocycles. The molecule has 26 heavy (non-hydrogen) atoms. The van der Waals surface area contributed by atoms with Crippen LogP contribution in [0.4, 0.5) is 4.39 Å². The quantitative estimate of drug-likeness (QED) is 0.817. The van der Waals surface area contributed by atoms with Crippen LogP contribution in [-0.4, -0.2) is 47.6 Å². The van der Waals surface area contributed by atoms with E-state index in [1.54, 1.807) is 16.6 Å². The zero-order valence-corrected chi connectivity index (χ0v) is 15.9. The van der Waals surface area contributed by atoms with Crippen LogP contribution in [0.3, 0.4) is 0 Å². The molecular weight excluding hydrogens is 357 g/mol. The van der Waals surface area contributed by atoms with Gasteiger partial charge in [-0.05, 0) is 44.5 Å². The summed E-state index contributed by atoms with van der Waals surface area (Å²) in [6.07, 6.45) is 0.564. The van der Waals surface area contributed by atoms with Crippen molar-refractivity contribution in [2.24, 2.45) is 0 Å². The van der Waals surface area contributed by atoms with E-state index in [2.05, 4.69) is 5.10 Å². The van der Waals surface area contributed by atoms with Gasteiger partial charge in [0.1, 0.15) is 5.82 Å². The first kappa shape index (κ1) is 18.6. The van der Waals surface area contributed by atoms with Crippen molar-refractivity contribution in [2.75, 3.05) is 18.6 Å². The summed E-state index contributed by atoms with van der Waals surface area (Å²) in [4.78, 5) is 14.1. The van der Waals surface area contributed by atoms with Crippen LogP contribution in [0.25, 0.3) is 0 Å². The van der Waals surface area contributed by atoms with E-state index < -0.39 is 9.84 Å². The fourth-order valence-electron chi connectivity index (χ4n) is 3.37. The van der Waals surface area contributed by atoms with Gasteiger partial charge in [0.05, 0.1) is 23.2 Å². The van der Waals surface area contributed by atoms with Crippen molar-refractivity contribution in [2.45, 2.75) is 32.9 Å². The maximum absolute atomic E-state index is 13.0. The molecule has 0 aliphatic carbocycles. The second kappa shape index (κ2) is 6.83. The molecular formula is C18H22FN3O3S. The number of benzene rings is 1. The van der Waals surface area contributed by atoms with Gasteiger partial charge in [-0.1, -0.05) is 0 Å². The van der Waals surface area contributed by atoms with Gasteiger partial charge >= 0.3 is 0 Å². The van der Waals surface area contributed by atoms with Gasteiger partial charge in [-0.15, -0.1) is 0 Å². The summed E-state index contributed by atoms with van der Waals surface area (Å²) >= 11 is 0. The highest BCUT2D eigenvalue weighted by atomic mass is 32.2. The van der Waals surface area contributed by atoms with Gasteiger partial charge in [0, 0.05) is 30.4 Å². The number of hydrogen-bond donors (Lipinski definition) is 0. The Kier molecular flexibility index (Phi) is 4.88. The number of sulfone groups is 1. The summed E-state index contributed by atoms with van der Waals surface area (Å²) in [5.41, 5.74) is 2.99. The van der Waals surface area contributed by atoms with E-state index in [1.165, 1.54) is 24.3 Å². The minimum atomic E-state index is -3.00. The number of nitrogens with zero attached hydrogens (tertiary/aromatic N) is 3. The predicted octanol–water partition coefficient (Wildman–Crippen LogP) is 2.27. The maximum Gasteiger partial charge on any atom is 0.253 e. The lowest BCUT2D eigenvalue weighted by molar-refractivity contribution is 0.0784. The van der Waals surface area contributed by atoms with E-state index >= 15 is 0 Å². The molecule has 1 unspecified atom stereocenters. The highest BCUT2D eigenvalue weighted by Crippen LogP contribution is 2.27. The summed E-state index contributed by atoms with van der Waals surface area (Å²) in [6, 6.07) is 5.29. The lowest BCUT2D eigenvalue weighted by atomic mass is 10.1. The number of rotatable bonds is 4. The van der Waals surface area contributed by atoms with Crippen molar-refractivity contribution in [1.82, 2.24) is 14.7 Å². The molecule has 2 heterocycles. The van der Waals surface area contributed by atoms with Gasteiger partial charge in [-0.2, -0.15) is 5.10 Å². The number of amides is 1. The number of aromatic nitrogens is 2. The molecule has 1 amide bonds. The van der Waals surface area contributed by atoms with E-state index in [0.717, 1.165) is 17.0 Å². The molecule has 0 N–H and O–H groups in total. The van der Waals surface area contributed by atoms with Crippen LogP contribution in [0.2, 0.25) is 0 Å². The summed E-state index contributed by atoms with van der Waals surface area (Å²) in [7, 11) is -1.31. The van der Waals surface area contributed by atoms with Crippen molar-refractivity contribution in [3.8, 4) is 0 Å². The zero-order valence-electron chi connectivity index (χ0n) is 15.1. The fraction of sp³-hybridized carbons (Fsp3) is 0.444. The Morgan fingerprint density at radius 3 is 2.54 bits per heavy atom. The minimum absolute atomic E-state index is 0.110. The van der Waals surface area contributed by atoms with Gasteiger partial charge in [-0.25, -0.2) is 12.8 Å². The van der Waals surface area contributed by atoms with Crippen LogP contribution in [0.1, 0.15) is 39.8 Å². The molecule has 0 saturated carbocycles. The molecule has 1 atom stereocenters. The third-order valence-corrected chi connectivity index (χ3v) is 6.61. The van der Waals surface area contributed by atoms with E-state index in [1.807, 2.05) is 13.8 Å². The smallest absolute Gasteiger partial charge is 0.253 e. The summed E-state index contributed by atoms with van der Waals surface area (Å²) in [6.45, 7) is 4.11. The number of halogens is 1. The highest BCUT2D eigenvalue weighted by molar-refractivity contribution is 7.91. The minimum Gasteiger partial charge on any atom is -0.337 e. The largest absolute Gasteiger partial charge is 0.337 e. The van der Waals surface area contributed by atoms with Crippen LogP contribution in [-0.2, 0) is 16.4 Å². The Bertz CT molecular complexity index is 935. The van der Waals surface area contributed by atoms with E-state index in [0.29, 0.717) is 18.5 Å². The Morgan fingerprint density at radius 1 is 1.31 bits per heavy atom. The molecule has 1 aliphatic heterocycles. The van der Waals surface area contributed by atoms with Crippen LogP contribution in [0.5, 0.6) is 0 Å². The maximum atomic E-state index is 13.0. The SMILES string of the molecule is Cc1nn(C2CCS(=O)(=O)C2)c(C)c1CN(C)C(=O)c1ccc(F)cc1. The van der Waals surface area contributed by atoms with Gasteiger partial charge in [0.15, 0.2) is 9.84 Å². The Balaban J connectivity index is 1.79. The molecule has 3 rings (SSSR count). The first-order chi connectivity index (χ1) is 12.2. The first-order valence-corrected chi connectivity index (χ1v) is 10.3. The topological polar surface area (TPSA) is 72.3 Å². The molecule has 2 aromatic rings. The standard InChI is InChI=1S/C18H22FN3O3S/c1-12-17(10-21(3)18(23)14-4-6-15(19)7-5-14)13(2)22(20-12)16-8-9-26(24,25)11-16/h4-7,16H,8-11H2,1-3H3. The molecule has 8 heteroatoms. The van der Waals surface area contributed by atoms with Crippen LogP contribution in [0, 0.1) is 19.7 Å². The average Bonchev–Trinajstić information content (AvgIpc) is 3.08. The third-order valence-electron chi connectivity index (χ3n) is 4.86. The number of carbonyl (C=O) groups is 1. The van der Waals surface area contributed by atoms with Crippen molar-refractivity contribution in [1.29, 1.82) is 0 Å². The summed E-state index contributed by atoms with van der Waals surface area (Å²) in [5.74, 6) is -0.295. The lowest BCUT2D eigenvalue weighted by Crippen LogP contribution is -2.26. The van der Waals surface area contributed by atoms with E-state index in [-0.39, 0.29) is 29.3 Å². The molecule has 6 nitrogen and oxygen atoms in total. The van der Waals surface area contributed by atoms with Crippen molar-refractivity contribution in [3.63, 3.8) is 0 Å². The summed E-state index contributed by atoms with van der Waals surface area (Å²) in [5, 5.41) is 4.52. The lowest BCUT2D eigenvalue weighted by Gasteiger charge is -2.18. The Labute approximate surface area is 152 Å². The monoisotopic (exact) mass is 379 g/mol. The van der Waals surface area contributed by atoms with Gasteiger partial charge < -0.3 is 4.90 Å². The van der Waals surface area contributed by atoms with Gasteiger partial charge in [0.25, 0.3) is 5.91 Å². The second-order valence-corrected chi connectivity index (χ2v) is 9.05. The summed E-state index contributed by atoms with van der Waals surface area (Å²) < 4.78 is 38.3. The molecule has 1 aromatic heterocycles. The van der Waals surface area contributed by atoms with Crippen molar-refractivity contribution >= 4 is 15.7 Å². The van der Waals surface area contributed by atoms with Crippen LogP contribution in [0.15, 0.2) is 24.3 Å². The molecule has 1 fully saturated rings. The van der Waals surface area contributed by atoms with Gasteiger partial charge in [0.2, 0.25) is 0 Å². The second-order valence-electron chi connectivity index (χ2n) is 6.82. The molecule has 0 spiro atoms. The van der Waals surface area contributed by atoms with Gasteiger partial charge in [-0.3, -0.25) is 9.48 Å².